The number of nitrogens with one attached hydrogen (secondary N) is 2. The lowest BCUT2D eigenvalue weighted by atomic mass is 9.85. The number of carboxylic acids is 1. The van der Waals surface area contributed by atoms with Crippen molar-refractivity contribution in [1.82, 2.24) is 15.2 Å². The van der Waals surface area contributed by atoms with Crippen LogP contribution in [0.2, 0.25) is 0 Å². The molecule has 5 nitrogen and oxygen atoms in total. The number of aromatic amines is 1. The number of fused-ring (bicyclic) bond motifs is 1. The monoisotopic (exact) mass is 493 g/mol. The number of halogens is 2. The summed E-state index contributed by atoms with van der Waals surface area (Å²) >= 11 is 0. The Morgan fingerprint density at radius 3 is 2.56 bits per heavy atom. The third-order valence-corrected chi connectivity index (χ3v) is 8.38. The van der Waals surface area contributed by atoms with Crippen LogP contribution in [0.1, 0.15) is 83.1 Å². The fourth-order valence-corrected chi connectivity index (χ4v) is 6.30. The zero-order valence-corrected chi connectivity index (χ0v) is 20.6. The molecular weight excluding hydrogens is 460 g/mol. The number of hydrogen-bond acceptors (Lipinski definition) is 3. The third-order valence-electron chi connectivity index (χ3n) is 8.38. The molecule has 3 fully saturated rings. The molecule has 36 heavy (non-hydrogen) atoms. The minimum atomic E-state index is -2.53. The number of nitrogens with zero attached hydrogens (tertiary/aromatic N) is 1. The fourth-order valence-electron chi connectivity index (χ4n) is 6.30. The summed E-state index contributed by atoms with van der Waals surface area (Å²) in [5.74, 6) is -2.83. The first-order chi connectivity index (χ1) is 17.3. The van der Waals surface area contributed by atoms with Crippen LogP contribution in [0.3, 0.4) is 0 Å². The summed E-state index contributed by atoms with van der Waals surface area (Å²) in [7, 11) is 0. The van der Waals surface area contributed by atoms with E-state index in [1.165, 1.54) is 40.4 Å². The number of benzene rings is 2. The number of carboxylic acid groups (broad SMARTS) is 1. The van der Waals surface area contributed by atoms with E-state index in [2.05, 4.69) is 34.3 Å². The van der Waals surface area contributed by atoms with E-state index in [1.807, 2.05) is 18.3 Å². The lowest BCUT2D eigenvalue weighted by molar-refractivity contribution is -0.0965. The molecular formula is C29H33F2N3O2. The van der Waals surface area contributed by atoms with Gasteiger partial charge in [-0.25, -0.2) is 13.6 Å². The fraction of sp³-hybridized carbons (Fsp3) is 0.483. The first-order valence-corrected chi connectivity index (χ1v) is 13.1. The minimum Gasteiger partial charge on any atom is -0.478 e. The first kappa shape index (κ1) is 23.6. The largest absolute Gasteiger partial charge is 0.478 e. The van der Waals surface area contributed by atoms with Crippen LogP contribution in [0, 0.1) is 6.92 Å². The highest BCUT2D eigenvalue weighted by Gasteiger charge is 2.46. The number of rotatable bonds is 7. The Balaban J connectivity index is 1.30. The maximum Gasteiger partial charge on any atom is 0.335 e. The standard InChI is InChI=1S/C29H33F2N3O2/c1-17-12-24(18-2-3-18)25(23-8-10-32-27(17)23)16-34-11-9-21(33-22-14-29(30,31)15-22)13-26(34)19-4-6-20(7-5-19)28(35)36/h4-8,10,12,18,21-22,26,32-33H,2-3,9,11,13-16H2,1H3,(H,35,36)/t21-,26+/m1/s1. The Labute approximate surface area is 209 Å². The van der Waals surface area contributed by atoms with Gasteiger partial charge in [0.15, 0.2) is 0 Å². The van der Waals surface area contributed by atoms with Crippen molar-refractivity contribution in [2.24, 2.45) is 0 Å². The Hall–Kier alpha value is -2.77. The van der Waals surface area contributed by atoms with E-state index in [4.69, 9.17) is 0 Å². The molecule has 2 aromatic carbocycles. The second-order valence-corrected chi connectivity index (χ2v) is 11.1. The Morgan fingerprint density at radius 2 is 1.89 bits per heavy atom. The summed E-state index contributed by atoms with van der Waals surface area (Å²) in [6, 6.07) is 11.9. The summed E-state index contributed by atoms with van der Waals surface area (Å²) < 4.78 is 26.9. The SMILES string of the molecule is Cc1cc(C2CC2)c(CN2CC[C@@H](NC3CC(F)(F)C3)C[C@H]2c2ccc(C(=O)O)cc2)c2cc[nH]c12. The molecule has 1 aliphatic heterocycles. The van der Waals surface area contributed by atoms with Crippen LogP contribution in [0.15, 0.2) is 42.6 Å². The number of alkyl halides is 2. The van der Waals surface area contributed by atoms with Gasteiger partial charge in [0.1, 0.15) is 0 Å². The zero-order valence-electron chi connectivity index (χ0n) is 20.6. The van der Waals surface area contributed by atoms with Crippen molar-refractivity contribution in [3.63, 3.8) is 0 Å². The lowest BCUT2D eigenvalue weighted by Gasteiger charge is -2.44. The van der Waals surface area contributed by atoms with Gasteiger partial charge >= 0.3 is 5.97 Å². The van der Waals surface area contributed by atoms with Crippen molar-refractivity contribution < 1.29 is 18.7 Å². The van der Waals surface area contributed by atoms with E-state index >= 15 is 0 Å². The zero-order chi connectivity index (χ0) is 25.0. The third kappa shape index (κ3) is 4.55. The number of piperidine rings is 1. The molecule has 2 aliphatic carbocycles. The number of likely N-dealkylation sites (tertiary alicyclic amines) is 1. The lowest BCUT2D eigenvalue weighted by Crippen LogP contribution is -2.54. The van der Waals surface area contributed by atoms with Crippen molar-refractivity contribution in [1.29, 1.82) is 0 Å². The summed E-state index contributed by atoms with van der Waals surface area (Å²) in [6.07, 6.45) is 6.06. The molecule has 2 heterocycles. The molecule has 190 valence electrons. The summed E-state index contributed by atoms with van der Waals surface area (Å²) in [6.45, 7) is 3.85. The van der Waals surface area contributed by atoms with E-state index in [0.717, 1.165) is 31.5 Å². The highest BCUT2D eigenvalue weighted by atomic mass is 19.3. The number of aromatic carboxylic acids is 1. The molecule has 2 atom stereocenters. The van der Waals surface area contributed by atoms with Gasteiger partial charge in [-0.2, -0.15) is 0 Å². The van der Waals surface area contributed by atoms with Crippen LogP contribution in [0.25, 0.3) is 10.9 Å². The molecule has 3 aliphatic rings. The maximum atomic E-state index is 13.4. The van der Waals surface area contributed by atoms with Crippen LogP contribution < -0.4 is 5.32 Å². The van der Waals surface area contributed by atoms with E-state index in [-0.39, 0.29) is 36.5 Å². The van der Waals surface area contributed by atoms with Crippen LogP contribution in [-0.4, -0.2) is 45.5 Å². The molecule has 3 aromatic rings. The van der Waals surface area contributed by atoms with Gasteiger partial charge in [-0.05, 0) is 79.0 Å². The Bertz CT molecular complexity index is 1270. The van der Waals surface area contributed by atoms with Crippen molar-refractivity contribution in [2.75, 3.05) is 6.54 Å². The number of aromatic nitrogens is 1. The van der Waals surface area contributed by atoms with Gasteiger partial charge in [-0.3, -0.25) is 4.90 Å². The number of carbonyl (C=O) groups is 1. The van der Waals surface area contributed by atoms with Gasteiger partial charge in [-0.15, -0.1) is 0 Å². The molecule has 2 saturated carbocycles. The van der Waals surface area contributed by atoms with Crippen LogP contribution >= 0.6 is 0 Å². The number of H-pyrrole nitrogens is 1. The topological polar surface area (TPSA) is 68.4 Å². The van der Waals surface area contributed by atoms with Gasteiger partial charge < -0.3 is 15.4 Å². The predicted octanol–water partition coefficient (Wildman–Crippen LogP) is 6.14. The predicted molar refractivity (Wildman–Crippen MR) is 136 cm³/mol. The maximum absolute atomic E-state index is 13.4. The van der Waals surface area contributed by atoms with Gasteiger partial charge in [-0.1, -0.05) is 18.2 Å². The van der Waals surface area contributed by atoms with Crippen molar-refractivity contribution in [2.45, 2.75) is 82.0 Å². The van der Waals surface area contributed by atoms with Crippen LogP contribution in [-0.2, 0) is 6.54 Å². The Morgan fingerprint density at radius 1 is 1.14 bits per heavy atom. The van der Waals surface area contributed by atoms with E-state index in [1.54, 1.807) is 12.1 Å². The van der Waals surface area contributed by atoms with E-state index < -0.39 is 11.9 Å². The van der Waals surface area contributed by atoms with Gasteiger partial charge in [0.2, 0.25) is 0 Å². The van der Waals surface area contributed by atoms with Gasteiger partial charge in [0.05, 0.1) is 5.56 Å². The number of aryl methyl sites for hydroxylation is 1. The molecule has 7 heteroatoms. The molecule has 0 amide bonds. The summed E-state index contributed by atoms with van der Waals surface area (Å²) in [5.41, 5.74) is 6.67. The number of hydrogen-bond donors (Lipinski definition) is 3. The minimum absolute atomic E-state index is 0.0786. The van der Waals surface area contributed by atoms with Crippen molar-refractivity contribution in [3.8, 4) is 0 Å². The average molecular weight is 494 g/mol. The summed E-state index contributed by atoms with van der Waals surface area (Å²) in [4.78, 5) is 17.3. The first-order valence-electron chi connectivity index (χ1n) is 13.1. The highest BCUT2D eigenvalue weighted by Crippen LogP contribution is 2.45. The molecule has 1 saturated heterocycles. The molecule has 0 spiro atoms. The van der Waals surface area contributed by atoms with Crippen molar-refractivity contribution >= 4 is 16.9 Å². The second-order valence-electron chi connectivity index (χ2n) is 11.1. The molecule has 1 aromatic heterocycles. The molecule has 3 N–H and O–H groups in total. The van der Waals surface area contributed by atoms with E-state index in [9.17, 15) is 18.7 Å². The van der Waals surface area contributed by atoms with Gasteiger partial charge in [0, 0.05) is 61.2 Å². The normalized spacial score (nSPS) is 24.6. The molecule has 0 unspecified atom stereocenters. The second kappa shape index (κ2) is 8.96. The van der Waals surface area contributed by atoms with Crippen LogP contribution in [0.4, 0.5) is 8.78 Å². The molecule has 0 radical (unpaired) electrons. The molecule has 0 bridgehead atoms. The van der Waals surface area contributed by atoms with E-state index in [0.29, 0.717) is 5.92 Å². The summed E-state index contributed by atoms with van der Waals surface area (Å²) in [5, 5.41) is 14.1. The van der Waals surface area contributed by atoms with Gasteiger partial charge in [0.25, 0.3) is 5.92 Å². The smallest absolute Gasteiger partial charge is 0.335 e. The quantitative estimate of drug-likeness (QED) is 0.370. The average Bonchev–Trinajstić information content (AvgIpc) is 3.55. The van der Waals surface area contributed by atoms with Crippen LogP contribution in [0.5, 0.6) is 0 Å². The highest BCUT2D eigenvalue weighted by molar-refractivity contribution is 5.88. The van der Waals surface area contributed by atoms with Crippen molar-refractivity contribution in [3.05, 3.63) is 70.4 Å². The molecule has 6 rings (SSSR count). The Kier molecular flexibility index (Phi) is 5.88.